The van der Waals surface area contributed by atoms with Crippen molar-refractivity contribution in [1.82, 2.24) is 35.5 Å². The number of carboxylic acid groups (broad SMARTS) is 1. The highest BCUT2D eigenvalue weighted by atomic mass is 16.3. The number of aromatic amines is 2. The van der Waals surface area contributed by atoms with Crippen molar-refractivity contribution in [1.29, 1.82) is 0 Å². The van der Waals surface area contributed by atoms with Crippen LogP contribution < -0.4 is 5.32 Å². The third kappa shape index (κ3) is 4.93. The van der Waals surface area contributed by atoms with Gasteiger partial charge in [0.2, 0.25) is 5.91 Å². The molecule has 4 rings (SSSR count). The Hall–Kier alpha value is -3.21. The van der Waals surface area contributed by atoms with Gasteiger partial charge in [-0.25, -0.2) is 0 Å². The largest absolute Gasteiger partial charge is 0.483 e. The molecule has 0 aromatic carbocycles. The fourth-order valence-corrected chi connectivity index (χ4v) is 4.59. The molecule has 2 fully saturated rings. The topological polar surface area (TPSA) is 147 Å². The summed E-state index contributed by atoms with van der Waals surface area (Å²) in [5.41, 5.74) is 0.872. The summed E-state index contributed by atoms with van der Waals surface area (Å²) in [5.74, 6) is 0.0304. The fourth-order valence-electron chi connectivity index (χ4n) is 4.59. The van der Waals surface area contributed by atoms with Gasteiger partial charge in [-0.1, -0.05) is 0 Å². The van der Waals surface area contributed by atoms with E-state index in [1.807, 2.05) is 11.0 Å². The average Bonchev–Trinajstić information content (AvgIpc) is 3.48. The first-order chi connectivity index (χ1) is 15.0. The monoisotopic (exact) mass is 431 g/mol. The van der Waals surface area contributed by atoms with Gasteiger partial charge >= 0.3 is 0 Å². The van der Waals surface area contributed by atoms with E-state index in [1.54, 1.807) is 18.5 Å². The minimum atomic E-state index is -0.531. The molecule has 11 heteroatoms. The highest BCUT2D eigenvalue weighted by Crippen LogP contribution is 2.43. The normalized spacial score (nSPS) is 23.3. The number of carbonyl (C=O) groups is 3. The second kappa shape index (κ2) is 10.2. The van der Waals surface area contributed by atoms with Crippen molar-refractivity contribution in [2.24, 2.45) is 5.41 Å². The maximum absolute atomic E-state index is 13.3. The molecule has 0 radical (unpaired) electrons. The van der Waals surface area contributed by atoms with Crippen molar-refractivity contribution in [3.8, 4) is 0 Å². The van der Waals surface area contributed by atoms with Crippen molar-refractivity contribution in [3.63, 3.8) is 0 Å². The van der Waals surface area contributed by atoms with Crippen LogP contribution in [0.4, 0.5) is 0 Å². The fraction of sp³-hybridized carbons (Fsp3) is 0.550. The van der Waals surface area contributed by atoms with E-state index in [0.29, 0.717) is 31.7 Å². The standard InChI is InChI=1S/C19H27N7O2.CH2O2/c1-25-11-7-19(18(28)21-9-5-14-12-22-24-23-14)6-3-10-26(16(19)13-25)17(27)15-4-2-8-20-15;2-1-3/h2,4,8,12,16,20H,3,5-7,9-11,13H2,1H3,(H,21,28)(H,22,23,24);1H,(H,2,3)/t16-,19+;/m0./s1. The number of nitrogens with one attached hydrogen (secondary N) is 3. The van der Waals surface area contributed by atoms with Gasteiger partial charge in [-0.2, -0.15) is 15.4 Å². The quantitative estimate of drug-likeness (QED) is 0.492. The molecule has 0 bridgehead atoms. The molecule has 0 spiro atoms. The molecule has 0 unspecified atom stereocenters. The third-order valence-electron chi connectivity index (χ3n) is 6.13. The molecule has 0 saturated carbocycles. The lowest BCUT2D eigenvalue weighted by Gasteiger charge is -2.53. The Bertz CT molecular complexity index is 855. The molecule has 4 heterocycles. The molecule has 2 aliphatic rings. The van der Waals surface area contributed by atoms with E-state index >= 15 is 0 Å². The van der Waals surface area contributed by atoms with Crippen molar-refractivity contribution >= 4 is 18.3 Å². The minimum absolute atomic E-state index is 0.0234. The van der Waals surface area contributed by atoms with Crippen molar-refractivity contribution < 1.29 is 19.5 Å². The van der Waals surface area contributed by atoms with Crippen LogP contribution in [-0.4, -0.2) is 92.9 Å². The van der Waals surface area contributed by atoms with E-state index in [0.717, 1.165) is 31.5 Å². The van der Waals surface area contributed by atoms with Crippen molar-refractivity contribution in [2.75, 3.05) is 33.2 Å². The summed E-state index contributed by atoms with van der Waals surface area (Å²) in [6, 6.07) is 3.50. The number of amides is 2. The van der Waals surface area contributed by atoms with Gasteiger partial charge in [-0.15, -0.1) is 0 Å². The molecule has 2 aliphatic heterocycles. The summed E-state index contributed by atoms with van der Waals surface area (Å²) in [6.45, 7) is 2.52. The zero-order chi connectivity index (χ0) is 22.3. The van der Waals surface area contributed by atoms with Crippen LogP contribution in [0.3, 0.4) is 0 Å². The third-order valence-corrected chi connectivity index (χ3v) is 6.13. The van der Waals surface area contributed by atoms with Crippen LogP contribution in [0.25, 0.3) is 0 Å². The smallest absolute Gasteiger partial charge is 0.290 e. The summed E-state index contributed by atoms with van der Waals surface area (Å²) in [6.07, 6.45) is 6.47. The lowest BCUT2D eigenvalue weighted by molar-refractivity contribution is -0.142. The van der Waals surface area contributed by atoms with Crippen LogP contribution in [0, 0.1) is 5.41 Å². The Morgan fingerprint density at radius 3 is 2.87 bits per heavy atom. The number of likely N-dealkylation sites (tertiary alicyclic amines) is 2. The summed E-state index contributed by atoms with van der Waals surface area (Å²) >= 11 is 0. The Morgan fingerprint density at radius 1 is 1.39 bits per heavy atom. The molecule has 2 aromatic heterocycles. The van der Waals surface area contributed by atoms with E-state index < -0.39 is 5.41 Å². The van der Waals surface area contributed by atoms with Crippen LogP contribution in [0.5, 0.6) is 0 Å². The van der Waals surface area contributed by atoms with E-state index in [-0.39, 0.29) is 24.3 Å². The van der Waals surface area contributed by atoms with Gasteiger partial charge in [0.05, 0.1) is 23.3 Å². The maximum atomic E-state index is 13.3. The van der Waals surface area contributed by atoms with Gasteiger partial charge in [0.15, 0.2) is 0 Å². The predicted molar refractivity (Wildman–Crippen MR) is 111 cm³/mol. The van der Waals surface area contributed by atoms with E-state index in [9.17, 15) is 9.59 Å². The number of hydrogen-bond acceptors (Lipinski definition) is 6. The highest BCUT2D eigenvalue weighted by molar-refractivity contribution is 5.94. The van der Waals surface area contributed by atoms with E-state index in [2.05, 4.69) is 37.7 Å². The first kappa shape index (κ1) is 22.5. The van der Waals surface area contributed by atoms with Gasteiger partial charge < -0.3 is 25.2 Å². The molecule has 31 heavy (non-hydrogen) atoms. The van der Waals surface area contributed by atoms with Gasteiger partial charge in [-0.3, -0.25) is 14.4 Å². The summed E-state index contributed by atoms with van der Waals surface area (Å²) in [5, 5.41) is 20.4. The lowest BCUT2D eigenvalue weighted by Crippen LogP contribution is -2.66. The number of fused-ring (bicyclic) bond motifs is 1. The minimum Gasteiger partial charge on any atom is -0.483 e. The highest BCUT2D eigenvalue weighted by Gasteiger charge is 2.53. The Kier molecular flexibility index (Phi) is 7.40. The molecule has 2 amide bonds. The predicted octanol–water partition coefficient (Wildman–Crippen LogP) is 0.119. The summed E-state index contributed by atoms with van der Waals surface area (Å²) < 4.78 is 0. The number of likely N-dealkylation sites (N-methyl/N-ethyl adjacent to an activating group) is 1. The van der Waals surface area contributed by atoms with Crippen LogP contribution in [0.15, 0.2) is 24.5 Å². The molecule has 2 atom stereocenters. The van der Waals surface area contributed by atoms with E-state index in [4.69, 9.17) is 9.90 Å². The number of rotatable bonds is 5. The van der Waals surface area contributed by atoms with Crippen LogP contribution in [0.2, 0.25) is 0 Å². The number of piperidine rings is 2. The van der Waals surface area contributed by atoms with E-state index in [1.165, 1.54) is 0 Å². The van der Waals surface area contributed by atoms with Gasteiger partial charge in [0.1, 0.15) is 5.69 Å². The van der Waals surface area contributed by atoms with Crippen LogP contribution in [-0.2, 0) is 16.0 Å². The Morgan fingerprint density at radius 2 is 2.19 bits per heavy atom. The number of carbonyl (C=O) groups excluding carboxylic acids is 2. The second-order valence-corrected chi connectivity index (χ2v) is 7.94. The number of H-pyrrole nitrogens is 2. The first-order valence-corrected chi connectivity index (χ1v) is 10.4. The van der Waals surface area contributed by atoms with Gasteiger partial charge in [0.25, 0.3) is 12.4 Å². The molecule has 168 valence electrons. The Balaban J connectivity index is 0.000000858. The lowest BCUT2D eigenvalue weighted by atomic mass is 9.67. The van der Waals surface area contributed by atoms with Crippen LogP contribution >= 0.6 is 0 Å². The molecule has 4 N–H and O–H groups in total. The second-order valence-electron chi connectivity index (χ2n) is 7.94. The van der Waals surface area contributed by atoms with Crippen LogP contribution in [0.1, 0.15) is 35.4 Å². The van der Waals surface area contributed by atoms with Gasteiger partial charge in [0, 0.05) is 32.3 Å². The Labute approximate surface area is 180 Å². The average molecular weight is 431 g/mol. The first-order valence-electron chi connectivity index (χ1n) is 10.4. The van der Waals surface area contributed by atoms with Gasteiger partial charge in [-0.05, 0) is 45.0 Å². The molecule has 0 aliphatic carbocycles. The zero-order valence-electron chi connectivity index (χ0n) is 17.6. The summed E-state index contributed by atoms with van der Waals surface area (Å²) in [4.78, 5) is 41.9. The molecule has 11 nitrogen and oxygen atoms in total. The molecular formula is C20H29N7O4. The molecular weight excluding hydrogens is 402 g/mol. The SMILES string of the molecule is CN1CC[C@]2(C(=O)NCCc3cn[nH]n3)CCCN(C(=O)c3ccc[nH]3)[C@H]2C1.O=CO. The number of hydrogen-bond donors (Lipinski definition) is 4. The number of aromatic nitrogens is 4. The molecule has 2 saturated heterocycles. The number of nitrogens with zero attached hydrogens (tertiary/aromatic N) is 4. The maximum Gasteiger partial charge on any atom is 0.290 e. The molecule has 2 aromatic rings. The summed E-state index contributed by atoms with van der Waals surface area (Å²) in [7, 11) is 2.05. The van der Waals surface area contributed by atoms with Crippen molar-refractivity contribution in [2.45, 2.75) is 31.7 Å². The zero-order valence-corrected chi connectivity index (χ0v) is 17.6. The van der Waals surface area contributed by atoms with Crippen molar-refractivity contribution in [3.05, 3.63) is 35.9 Å².